The average Bonchev–Trinajstić information content (AvgIpc) is 2.36. The zero-order valence-electron chi connectivity index (χ0n) is 10.7. The van der Waals surface area contributed by atoms with Crippen molar-refractivity contribution in [3.8, 4) is 5.75 Å². The molecular formula is C14H20ClNO. The molecule has 1 saturated heterocycles. The third kappa shape index (κ3) is 2.16. The van der Waals surface area contributed by atoms with Gasteiger partial charge in [-0.25, -0.2) is 0 Å². The number of aromatic hydroxyl groups is 1. The van der Waals surface area contributed by atoms with Crippen molar-refractivity contribution in [1.82, 2.24) is 5.32 Å². The van der Waals surface area contributed by atoms with Crippen LogP contribution in [-0.4, -0.2) is 18.2 Å². The Bertz CT molecular complexity index is 407. The van der Waals surface area contributed by atoms with Gasteiger partial charge in [-0.05, 0) is 74.9 Å². The van der Waals surface area contributed by atoms with Crippen molar-refractivity contribution in [2.75, 3.05) is 13.1 Å². The van der Waals surface area contributed by atoms with Crippen LogP contribution in [0.2, 0.25) is 5.02 Å². The number of piperidine rings is 1. The van der Waals surface area contributed by atoms with Crippen LogP contribution >= 0.6 is 11.6 Å². The highest BCUT2D eigenvalue weighted by Gasteiger charge is 2.23. The lowest BCUT2D eigenvalue weighted by Crippen LogP contribution is -2.27. The number of hydrogen-bond acceptors (Lipinski definition) is 2. The van der Waals surface area contributed by atoms with Gasteiger partial charge in [-0.2, -0.15) is 0 Å². The van der Waals surface area contributed by atoms with Crippen LogP contribution in [0.1, 0.15) is 41.0 Å². The molecule has 1 aromatic carbocycles. The normalized spacial score (nSPS) is 17.4. The van der Waals surface area contributed by atoms with Crippen molar-refractivity contribution < 1.29 is 5.11 Å². The molecule has 2 N–H and O–H groups in total. The van der Waals surface area contributed by atoms with E-state index < -0.39 is 0 Å². The molecule has 0 aromatic heterocycles. The third-order valence-corrected chi connectivity index (χ3v) is 4.47. The van der Waals surface area contributed by atoms with E-state index in [1.54, 1.807) is 0 Å². The van der Waals surface area contributed by atoms with Crippen LogP contribution in [0.3, 0.4) is 0 Å². The summed E-state index contributed by atoms with van der Waals surface area (Å²) < 4.78 is 0. The Morgan fingerprint density at radius 1 is 1.06 bits per heavy atom. The highest BCUT2D eigenvalue weighted by molar-refractivity contribution is 6.33. The van der Waals surface area contributed by atoms with E-state index in [0.29, 0.717) is 10.9 Å². The molecule has 0 amide bonds. The summed E-state index contributed by atoms with van der Waals surface area (Å²) in [7, 11) is 0. The molecule has 0 aliphatic carbocycles. The Kier molecular flexibility index (Phi) is 3.64. The van der Waals surface area contributed by atoms with Gasteiger partial charge in [0.1, 0.15) is 5.75 Å². The summed E-state index contributed by atoms with van der Waals surface area (Å²) in [5, 5.41) is 13.9. The zero-order valence-corrected chi connectivity index (χ0v) is 11.5. The van der Waals surface area contributed by atoms with Crippen molar-refractivity contribution >= 4 is 11.6 Å². The van der Waals surface area contributed by atoms with E-state index in [9.17, 15) is 5.11 Å². The van der Waals surface area contributed by atoms with Gasteiger partial charge in [-0.1, -0.05) is 11.6 Å². The lowest BCUT2D eigenvalue weighted by Gasteiger charge is -2.27. The molecule has 2 nitrogen and oxygen atoms in total. The van der Waals surface area contributed by atoms with E-state index in [1.165, 1.54) is 11.1 Å². The van der Waals surface area contributed by atoms with Gasteiger partial charge in [-0.15, -0.1) is 0 Å². The molecule has 1 aliphatic heterocycles. The van der Waals surface area contributed by atoms with Gasteiger partial charge in [0, 0.05) is 0 Å². The van der Waals surface area contributed by atoms with E-state index in [0.717, 1.165) is 37.1 Å². The Hall–Kier alpha value is -0.730. The first-order valence-electron chi connectivity index (χ1n) is 6.22. The standard InChI is InChI=1S/C14H20ClNO/c1-8-9(2)14(17)13(15)10(3)12(8)11-4-6-16-7-5-11/h11,16-17H,4-7H2,1-3H3. The van der Waals surface area contributed by atoms with Gasteiger partial charge in [0.05, 0.1) is 5.02 Å². The molecule has 17 heavy (non-hydrogen) atoms. The van der Waals surface area contributed by atoms with Crippen molar-refractivity contribution in [2.45, 2.75) is 39.5 Å². The summed E-state index contributed by atoms with van der Waals surface area (Å²) in [6.45, 7) is 8.20. The smallest absolute Gasteiger partial charge is 0.137 e. The predicted molar refractivity (Wildman–Crippen MR) is 72.2 cm³/mol. The molecule has 1 fully saturated rings. The first-order chi connectivity index (χ1) is 8.04. The highest BCUT2D eigenvalue weighted by atomic mass is 35.5. The minimum Gasteiger partial charge on any atom is -0.506 e. The fourth-order valence-corrected chi connectivity index (χ4v) is 3.09. The molecule has 0 saturated carbocycles. The van der Waals surface area contributed by atoms with Gasteiger partial charge in [0.25, 0.3) is 0 Å². The van der Waals surface area contributed by atoms with Gasteiger partial charge >= 0.3 is 0 Å². The molecule has 2 rings (SSSR count). The second-order valence-corrected chi connectivity index (χ2v) is 5.35. The molecule has 1 heterocycles. The summed E-state index contributed by atoms with van der Waals surface area (Å²) in [5.74, 6) is 0.826. The predicted octanol–water partition coefficient (Wildman–Crippen LogP) is 3.44. The first kappa shape index (κ1) is 12.7. The Morgan fingerprint density at radius 3 is 2.24 bits per heavy atom. The third-order valence-electron chi connectivity index (χ3n) is 4.01. The highest BCUT2D eigenvalue weighted by Crippen LogP contribution is 2.41. The van der Waals surface area contributed by atoms with Crippen LogP contribution in [0.5, 0.6) is 5.75 Å². The number of rotatable bonds is 1. The largest absolute Gasteiger partial charge is 0.506 e. The maximum absolute atomic E-state index is 9.95. The molecule has 0 unspecified atom stereocenters. The van der Waals surface area contributed by atoms with Crippen molar-refractivity contribution in [3.05, 3.63) is 27.3 Å². The fraction of sp³-hybridized carbons (Fsp3) is 0.571. The summed E-state index contributed by atoms with van der Waals surface area (Å²) in [4.78, 5) is 0. The number of phenolic OH excluding ortho intramolecular Hbond substituents is 1. The van der Waals surface area contributed by atoms with Crippen LogP contribution in [0.25, 0.3) is 0 Å². The van der Waals surface area contributed by atoms with E-state index in [2.05, 4.69) is 12.2 Å². The first-order valence-corrected chi connectivity index (χ1v) is 6.60. The van der Waals surface area contributed by atoms with Gasteiger partial charge in [0.2, 0.25) is 0 Å². The summed E-state index contributed by atoms with van der Waals surface area (Å²) in [6, 6.07) is 0. The van der Waals surface area contributed by atoms with E-state index in [4.69, 9.17) is 11.6 Å². The van der Waals surface area contributed by atoms with Crippen LogP contribution in [0.4, 0.5) is 0 Å². The van der Waals surface area contributed by atoms with Crippen molar-refractivity contribution in [1.29, 1.82) is 0 Å². The molecule has 3 heteroatoms. The topological polar surface area (TPSA) is 32.3 Å². The number of halogens is 1. The number of hydrogen-bond donors (Lipinski definition) is 2. The number of benzene rings is 1. The van der Waals surface area contributed by atoms with E-state index in [1.807, 2.05) is 13.8 Å². The van der Waals surface area contributed by atoms with Gasteiger partial charge < -0.3 is 10.4 Å². The summed E-state index contributed by atoms with van der Waals surface area (Å²) in [5.41, 5.74) is 4.54. The second-order valence-electron chi connectivity index (χ2n) is 4.98. The molecule has 0 bridgehead atoms. The maximum atomic E-state index is 9.95. The molecule has 0 radical (unpaired) electrons. The fourth-order valence-electron chi connectivity index (χ4n) is 2.84. The van der Waals surface area contributed by atoms with Crippen molar-refractivity contribution in [2.24, 2.45) is 0 Å². The maximum Gasteiger partial charge on any atom is 0.137 e. The second kappa shape index (κ2) is 4.87. The molecule has 0 spiro atoms. The van der Waals surface area contributed by atoms with Gasteiger partial charge in [-0.3, -0.25) is 0 Å². The SMILES string of the molecule is Cc1c(C)c(C2CCNCC2)c(C)c(Cl)c1O. The number of nitrogens with one attached hydrogen (secondary N) is 1. The van der Waals surface area contributed by atoms with Crippen LogP contribution in [0.15, 0.2) is 0 Å². The zero-order chi connectivity index (χ0) is 12.6. The quantitative estimate of drug-likeness (QED) is 0.804. The molecular weight excluding hydrogens is 234 g/mol. The minimum atomic E-state index is 0.249. The molecule has 94 valence electrons. The lowest BCUT2D eigenvalue weighted by atomic mass is 9.83. The Labute approximate surface area is 108 Å². The summed E-state index contributed by atoms with van der Waals surface area (Å²) in [6.07, 6.45) is 2.31. The average molecular weight is 254 g/mol. The monoisotopic (exact) mass is 253 g/mol. The summed E-state index contributed by atoms with van der Waals surface area (Å²) >= 11 is 6.21. The Balaban J connectivity index is 2.52. The van der Waals surface area contributed by atoms with Crippen LogP contribution in [0, 0.1) is 20.8 Å². The number of phenols is 1. The lowest BCUT2D eigenvalue weighted by molar-refractivity contribution is 0.452. The van der Waals surface area contributed by atoms with Crippen LogP contribution in [-0.2, 0) is 0 Å². The van der Waals surface area contributed by atoms with Crippen LogP contribution < -0.4 is 5.32 Å². The van der Waals surface area contributed by atoms with E-state index >= 15 is 0 Å². The van der Waals surface area contributed by atoms with Gasteiger partial charge in [0.15, 0.2) is 0 Å². The van der Waals surface area contributed by atoms with Crippen molar-refractivity contribution in [3.63, 3.8) is 0 Å². The van der Waals surface area contributed by atoms with E-state index in [-0.39, 0.29) is 5.75 Å². The Morgan fingerprint density at radius 2 is 1.65 bits per heavy atom. The molecule has 1 aromatic rings. The molecule has 1 aliphatic rings. The minimum absolute atomic E-state index is 0.249. The molecule has 0 atom stereocenters.